The molecule has 2 aromatic rings. The monoisotopic (exact) mass is 281 g/mol. The molecule has 0 saturated carbocycles. The molecule has 0 bridgehead atoms. The lowest BCUT2D eigenvalue weighted by molar-refractivity contribution is 0.407. The molecule has 0 saturated heterocycles. The Hall–Kier alpha value is -1.36. The number of nitrogens with zero attached hydrogens (tertiary/aromatic N) is 3. The van der Waals surface area contributed by atoms with Gasteiger partial charge >= 0.3 is 0 Å². The van der Waals surface area contributed by atoms with Gasteiger partial charge in [0.15, 0.2) is 4.73 Å². The van der Waals surface area contributed by atoms with E-state index in [1.807, 2.05) is 12.1 Å². The van der Waals surface area contributed by atoms with E-state index in [-0.39, 0.29) is 0 Å². The summed E-state index contributed by atoms with van der Waals surface area (Å²) in [5, 5.41) is 4.12. The van der Waals surface area contributed by atoms with Crippen molar-refractivity contribution < 1.29 is 4.74 Å². The maximum Gasteiger partial charge on any atom is 0.195 e. The molecule has 84 valence electrons. The Morgan fingerprint density at radius 2 is 2.25 bits per heavy atom. The highest BCUT2D eigenvalue weighted by Crippen LogP contribution is 2.21. The van der Waals surface area contributed by atoms with E-state index in [0.717, 1.165) is 16.0 Å². The average Bonchev–Trinajstić information content (AvgIpc) is 2.65. The number of rotatable bonds is 3. The van der Waals surface area contributed by atoms with Crippen molar-refractivity contribution in [3.8, 4) is 5.75 Å². The van der Waals surface area contributed by atoms with Crippen LogP contribution in [-0.2, 0) is 6.54 Å². The van der Waals surface area contributed by atoms with Crippen molar-refractivity contribution in [3.63, 3.8) is 0 Å². The van der Waals surface area contributed by atoms with Gasteiger partial charge in [-0.15, -0.1) is 0 Å². The molecule has 0 aliphatic heterocycles. The molecule has 0 unspecified atom stereocenters. The third kappa shape index (κ3) is 2.24. The molecule has 0 atom stereocenters. The molecule has 0 aliphatic carbocycles. The fraction of sp³-hybridized carbons (Fsp3) is 0.273. The summed E-state index contributed by atoms with van der Waals surface area (Å²) < 4.78 is 7.81. The molecule has 1 aromatic heterocycles. The highest BCUT2D eigenvalue weighted by Gasteiger charge is 2.07. The highest BCUT2D eigenvalue weighted by molar-refractivity contribution is 9.10. The summed E-state index contributed by atoms with van der Waals surface area (Å²) in [4.78, 5) is 4.02. The first kappa shape index (κ1) is 11.1. The second-order valence-electron chi connectivity index (χ2n) is 3.50. The van der Waals surface area contributed by atoms with Gasteiger partial charge in [-0.25, -0.2) is 9.67 Å². The highest BCUT2D eigenvalue weighted by atomic mass is 79.9. The summed E-state index contributed by atoms with van der Waals surface area (Å²) >= 11 is 3.34. The summed E-state index contributed by atoms with van der Waals surface area (Å²) in [5.74, 6) is 0.869. The van der Waals surface area contributed by atoms with Gasteiger partial charge in [0.1, 0.15) is 12.1 Å². The van der Waals surface area contributed by atoms with E-state index in [9.17, 15) is 0 Å². The number of benzene rings is 1. The van der Waals surface area contributed by atoms with Crippen molar-refractivity contribution in [2.45, 2.75) is 13.5 Å². The van der Waals surface area contributed by atoms with Gasteiger partial charge < -0.3 is 4.74 Å². The van der Waals surface area contributed by atoms with Crippen LogP contribution in [0.1, 0.15) is 11.1 Å². The standard InChI is InChI=1S/C11H12BrN3O/c1-8-3-4-10(16-2)9(5-8)6-15-11(12)13-7-14-15/h3-5,7H,6H2,1-2H3. The van der Waals surface area contributed by atoms with Crippen LogP contribution in [0.3, 0.4) is 0 Å². The van der Waals surface area contributed by atoms with Gasteiger partial charge in [-0.1, -0.05) is 17.7 Å². The van der Waals surface area contributed by atoms with Crippen LogP contribution in [0.4, 0.5) is 0 Å². The van der Waals surface area contributed by atoms with Crippen molar-refractivity contribution in [1.82, 2.24) is 14.8 Å². The molecule has 5 heteroatoms. The molecule has 0 spiro atoms. The lowest BCUT2D eigenvalue weighted by Crippen LogP contribution is -2.04. The first-order valence-corrected chi connectivity index (χ1v) is 5.67. The Kier molecular flexibility index (Phi) is 3.24. The number of hydrogen-bond donors (Lipinski definition) is 0. The molecule has 0 N–H and O–H groups in total. The molecular weight excluding hydrogens is 270 g/mol. The second kappa shape index (κ2) is 4.65. The Morgan fingerprint density at radius 3 is 2.88 bits per heavy atom. The van der Waals surface area contributed by atoms with Crippen LogP contribution in [0.5, 0.6) is 5.75 Å². The molecule has 2 rings (SSSR count). The Balaban J connectivity index is 2.33. The van der Waals surface area contributed by atoms with E-state index in [1.165, 1.54) is 11.9 Å². The van der Waals surface area contributed by atoms with Gasteiger partial charge in [-0.05, 0) is 28.9 Å². The third-order valence-corrected chi connectivity index (χ3v) is 2.94. The number of aryl methyl sites for hydroxylation is 1. The van der Waals surface area contributed by atoms with Gasteiger partial charge in [0.05, 0.1) is 13.7 Å². The van der Waals surface area contributed by atoms with Crippen LogP contribution in [0.15, 0.2) is 29.3 Å². The smallest absolute Gasteiger partial charge is 0.195 e. The molecule has 0 amide bonds. The van der Waals surface area contributed by atoms with Crippen molar-refractivity contribution >= 4 is 15.9 Å². The Labute approximate surface area is 102 Å². The molecule has 0 aliphatic rings. The van der Waals surface area contributed by atoms with Crippen LogP contribution in [0.25, 0.3) is 0 Å². The Bertz CT molecular complexity index is 496. The van der Waals surface area contributed by atoms with Crippen LogP contribution in [0, 0.1) is 6.92 Å². The van der Waals surface area contributed by atoms with Crippen molar-refractivity contribution in [1.29, 1.82) is 0 Å². The van der Waals surface area contributed by atoms with Crippen molar-refractivity contribution in [3.05, 3.63) is 40.4 Å². The number of aromatic nitrogens is 3. The van der Waals surface area contributed by atoms with Gasteiger partial charge in [0.25, 0.3) is 0 Å². The van der Waals surface area contributed by atoms with E-state index in [0.29, 0.717) is 6.54 Å². The summed E-state index contributed by atoms with van der Waals surface area (Å²) in [5.41, 5.74) is 2.29. The maximum absolute atomic E-state index is 5.31. The zero-order chi connectivity index (χ0) is 11.5. The topological polar surface area (TPSA) is 39.9 Å². The van der Waals surface area contributed by atoms with E-state index >= 15 is 0 Å². The summed E-state index contributed by atoms with van der Waals surface area (Å²) in [6.07, 6.45) is 1.52. The minimum absolute atomic E-state index is 0.644. The quantitative estimate of drug-likeness (QED) is 0.868. The number of halogens is 1. The van der Waals surface area contributed by atoms with Crippen LogP contribution in [0.2, 0.25) is 0 Å². The zero-order valence-electron chi connectivity index (χ0n) is 9.14. The van der Waals surface area contributed by atoms with E-state index in [4.69, 9.17) is 4.74 Å². The summed E-state index contributed by atoms with van der Waals surface area (Å²) in [6.45, 7) is 2.70. The summed E-state index contributed by atoms with van der Waals surface area (Å²) in [7, 11) is 1.67. The number of hydrogen-bond acceptors (Lipinski definition) is 3. The first-order valence-electron chi connectivity index (χ1n) is 4.87. The lowest BCUT2D eigenvalue weighted by atomic mass is 10.1. The minimum atomic E-state index is 0.644. The van der Waals surface area contributed by atoms with Gasteiger partial charge in [0, 0.05) is 5.56 Å². The van der Waals surface area contributed by atoms with Crippen LogP contribution >= 0.6 is 15.9 Å². The molecule has 1 heterocycles. The normalized spacial score (nSPS) is 10.4. The Morgan fingerprint density at radius 1 is 1.44 bits per heavy atom. The first-order chi connectivity index (χ1) is 7.70. The molecule has 4 nitrogen and oxygen atoms in total. The van der Waals surface area contributed by atoms with E-state index in [1.54, 1.807) is 11.8 Å². The van der Waals surface area contributed by atoms with Gasteiger partial charge in [-0.3, -0.25) is 0 Å². The van der Waals surface area contributed by atoms with Gasteiger partial charge in [-0.2, -0.15) is 5.10 Å². The zero-order valence-corrected chi connectivity index (χ0v) is 10.7. The second-order valence-corrected chi connectivity index (χ2v) is 4.21. The molecule has 1 aromatic carbocycles. The van der Waals surface area contributed by atoms with Crippen LogP contribution in [-0.4, -0.2) is 21.9 Å². The number of ether oxygens (including phenoxy) is 1. The SMILES string of the molecule is COc1ccc(C)cc1Cn1ncnc1Br. The lowest BCUT2D eigenvalue weighted by Gasteiger charge is -2.09. The molecule has 0 fully saturated rings. The van der Waals surface area contributed by atoms with E-state index in [2.05, 4.69) is 39.0 Å². The van der Waals surface area contributed by atoms with Crippen LogP contribution < -0.4 is 4.74 Å². The predicted molar refractivity (Wildman–Crippen MR) is 64.6 cm³/mol. The molecule has 0 radical (unpaired) electrons. The third-order valence-electron chi connectivity index (χ3n) is 2.32. The molecule has 16 heavy (non-hydrogen) atoms. The maximum atomic E-state index is 5.31. The fourth-order valence-corrected chi connectivity index (χ4v) is 1.86. The predicted octanol–water partition coefficient (Wildman–Crippen LogP) is 2.41. The van der Waals surface area contributed by atoms with Gasteiger partial charge in [0.2, 0.25) is 0 Å². The molecular formula is C11H12BrN3O. The fourth-order valence-electron chi connectivity index (χ4n) is 1.55. The average molecular weight is 282 g/mol. The summed E-state index contributed by atoms with van der Waals surface area (Å²) in [6, 6.07) is 6.08. The largest absolute Gasteiger partial charge is 0.496 e. The van der Waals surface area contributed by atoms with Crippen molar-refractivity contribution in [2.75, 3.05) is 7.11 Å². The van der Waals surface area contributed by atoms with E-state index < -0.39 is 0 Å². The minimum Gasteiger partial charge on any atom is -0.496 e. The number of methoxy groups -OCH3 is 1. The van der Waals surface area contributed by atoms with Crippen molar-refractivity contribution in [2.24, 2.45) is 0 Å².